The highest BCUT2D eigenvalue weighted by Crippen LogP contribution is 2.40. The number of hydrogen-bond acceptors (Lipinski definition) is 0. The second kappa shape index (κ2) is 6.01. The van der Waals surface area contributed by atoms with Gasteiger partial charge >= 0.3 is 0 Å². The van der Waals surface area contributed by atoms with Crippen LogP contribution in [0.5, 0.6) is 0 Å². The van der Waals surface area contributed by atoms with Crippen molar-refractivity contribution >= 4 is 10.9 Å². The second-order valence-electron chi connectivity index (χ2n) is 5.85. The number of aromatic amines is 2. The Labute approximate surface area is 144 Å². The molecule has 7 heteroatoms. The van der Waals surface area contributed by atoms with Crippen molar-refractivity contribution in [3.8, 4) is 0 Å². The minimum atomic E-state index is -2.17. The van der Waals surface area contributed by atoms with E-state index >= 15 is 0 Å². The van der Waals surface area contributed by atoms with Gasteiger partial charge in [-0.25, -0.2) is 22.0 Å². The van der Waals surface area contributed by atoms with Crippen LogP contribution >= 0.6 is 0 Å². The summed E-state index contributed by atoms with van der Waals surface area (Å²) in [6.07, 6.45) is 4.49. The van der Waals surface area contributed by atoms with Crippen LogP contribution in [0.15, 0.2) is 48.9 Å². The van der Waals surface area contributed by atoms with E-state index in [4.69, 9.17) is 0 Å². The highest BCUT2D eigenvalue weighted by molar-refractivity contribution is 5.84. The van der Waals surface area contributed by atoms with Crippen molar-refractivity contribution in [1.82, 2.24) is 9.97 Å². The highest BCUT2D eigenvalue weighted by atomic mass is 19.2. The number of halogens is 5. The summed E-state index contributed by atoms with van der Waals surface area (Å²) in [5, 5.41) is 0.627. The monoisotopic (exact) mass is 362 g/mol. The van der Waals surface area contributed by atoms with Gasteiger partial charge in [0.2, 0.25) is 5.82 Å². The maximum atomic E-state index is 14.5. The van der Waals surface area contributed by atoms with Crippen LogP contribution in [-0.4, -0.2) is 9.97 Å². The zero-order chi connectivity index (χ0) is 18.4. The Balaban J connectivity index is 2.07. The van der Waals surface area contributed by atoms with Crippen molar-refractivity contribution in [2.75, 3.05) is 0 Å². The van der Waals surface area contributed by atoms with Gasteiger partial charge in [-0.3, -0.25) is 0 Å². The fourth-order valence-corrected chi connectivity index (χ4v) is 3.23. The molecule has 2 N–H and O–H groups in total. The summed E-state index contributed by atoms with van der Waals surface area (Å²) in [4.78, 5) is 5.72. The van der Waals surface area contributed by atoms with Crippen LogP contribution < -0.4 is 0 Å². The topological polar surface area (TPSA) is 31.6 Å². The number of para-hydroxylation sites is 1. The van der Waals surface area contributed by atoms with Crippen LogP contribution in [0.3, 0.4) is 0 Å². The summed E-state index contributed by atoms with van der Waals surface area (Å²) in [5.41, 5.74) is 0.582. The molecule has 0 saturated carbocycles. The molecule has 4 rings (SSSR count). The van der Waals surface area contributed by atoms with E-state index < -0.39 is 40.6 Å². The van der Waals surface area contributed by atoms with Crippen molar-refractivity contribution in [3.05, 3.63) is 94.7 Å². The average molecular weight is 362 g/mol. The molecule has 0 aliphatic carbocycles. The largest absolute Gasteiger partial charge is 0.367 e. The molecule has 0 spiro atoms. The summed E-state index contributed by atoms with van der Waals surface area (Å²) in [6.45, 7) is 0. The van der Waals surface area contributed by atoms with E-state index in [0.29, 0.717) is 22.0 Å². The Morgan fingerprint density at radius 1 is 0.731 bits per heavy atom. The average Bonchev–Trinajstić information content (AvgIpc) is 3.32. The number of nitrogens with one attached hydrogen (secondary N) is 2. The zero-order valence-corrected chi connectivity index (χ0v) is 13.1. The Morgan fingerprint density at radius 2 is 1.38 bits per heavy atom. The number of rotatable bonds is 3. The van der Waals surface area contributed by atoms with Gasteiger partial charge in [-0.15, -0.1) is 0 Å². The Hall–Kier alpha value is -3.09. The first-order valence-electron chi connectivity index (χ1n) is 7.70. The zero-order valence-electron chi connectivity index (χ0n) is 13.1. The molecule has 2 aromatic heterocycles. The van der Waals surface area contributed by atoms with Crippen LogP contribution in [-0.2, 0) is 0 Å². The Morgan fingerprint density at radius 3 is 2.04 bits per heavy atom. The summed E-state index contributed by atoms with van der Waals surface area (Å²) < 4.78 is 70.0. The lowest BCUT2D eigenvalue weighted by Crippen LogP contribution is -2.13. The van der Waals surface area contributed by atoms with E-state index in [1.807, 2.05) is 0 Å². The number of aromatic nitrogens is 2. The standard InChI is InChI=1S/C19H11F5N2/c20-15-14(16(21)18(23)19(24)17(15)22)13(9-5-6-25-7-9)11-8-26-12-4-2-1-3-10(11)12/h1-8,13,25-26H. The molecule has 2 aromatic carbocycles. The van der Waals surface area contributed by atoms with Crippen molar-refractivity contribution in [3.63, 3.8) is 0 Å². The van der Waals surface area contributed by atoms with Gasteiger partial charge in [-0.2, -0.15) is 0 Å². The van der Waals surface area contributed by atoms with E-state index in [-0.39, 0.29) is 0 Å². The lowest BCUT2D eigenvalue weighted by atomic mass is 9.85. The predicted molar refractivity (Wildman–Crippen MR) is 86.3 cm³/mol. The van der Waals surface area contributed by atoms with Gasteiger partial charge in [0.15, 0.2) is 23.3 Å². The van der Waals surface area contributed by atoms with Gasteiger partial charge < -0.3 is 9.97 Å². The maximum absolute atomic E-state index is 14.5. The number of benzene rings is 2. The normalized spacial score (nSPS) is 12.7. The van der Waals surface area contributed by atoms with Crippen LogP contribution in [0.25, 0.3) is 10.9 Å². The van der Waals surface area contributed by atoms with Crippen LogP contribution in [0.4, 0.5) is 22.0 Å². The fourth-order valence-electron chi connectivity index (χ4n) is 3.23. The third-order valence-electron chi connectivity index (χ3n) is 4.42. The third kappa shape index (κ3) is 2.31. The smallest absolute Gasteiger partial charge is 0.200 e. The van der Waals surface area contributed by atoms with Crippen molar-refractivity contribution in [1.29, 1.82) is 0 Å². The van der Waals surface area contributed by atoms with E-state index in [0.717, 1.165) is 0 Å². The molecule has 2 heterocycles. The predicted octanol–water partition coefficient (Wildman–Crippen LogP) is 5.37. The molecule has 0 aliphatic rings. The minimum absolute atomic E-state index is 0.373. The van der Waals surface area contributed by atoms with Crippen molar-refractivity contribution < 1.29 is 22.0 Å². The lowest BCUT2D eigenvalue weighted by molar-refractivity contribution is 0.369. The number of fused-ring (bicyclic) bond motifs is 1. The third-order valence-corrected chi connectivity index (χ3v) is 4.42. The van der Waals surface area contributed by atoms with E-state index in [9.17, 15) is 22.0 Å². The first-order valence-corrected chi connectivity index (χ1v) is 7.70. The van der Waals surface area contributed by atoms with E-state index in [2.05, 4.69) is 9.97 Å². The SMILES string of the molecule is Fc1c(F)c(F)c(C(c2cc[nH]c2)c2c[nH]c3ccccc23)c(F)c1F. The van der Waals surface area contributed by atoms with Crippen LogP contribution in [0.2, 0.25) is 0 Å². The van der Waals surface area contributed by atoms with Gasteiger partial charge in [-0.05, 0) is 23.3 Å². The lowest BCUT2D eigenvalue weighted by Gasteiger charge is -2.19. The van der Waals surface area contributed by atoms with E-state index in [1.54, 1.807) is 24.3 Å². The van der Waals surface area contributed by atoms with Crippen LogP contribution in [0, 0.1) is 29.1 Å². The number of H-pyrrole nitrogens is 2. The van der Waals surface area contributed by atoms with Crippen LogP contribution in [0.1, 0.15) is 22.6 Å². The molecule has 1 atom stereocenters. The summed E-state index contributed by atoms with van der Waals surface area (Å²) in [5.74, 6) is -10.9. The molecule has 0 bridgehead atoms. The van der Waals surface area contributed by atoms with Crippen molar-refractivity contribution in [2.45, 2.75) is 5.92 Å². The second-order valence-corrected chi connectivity index (χ2v) is 5.85. The Kier molecular flexibility index (Phi) is 3.79. The molecule has 0 amide bonds. The molecule has 132 valence electrons. The molecule has 1 unspecified atom stereocenters. The molecule has 2 nitrogen and oxygen atoms in total. The first kappa shape index (κ1) is 16.4. The maximum Gasteiger partial charge on any atom is 0.200 e. The van der Waals surface area contributed by atoms with Crippen molar-refractivity contribution in [2.24, 2.45) is 0 Å². The van der Waals surface area contributed by atoms with Gasteiger partial charge in [0.25, 0.3) is 0 Å². The fraction of sp³-hybridized carbons (Fsp3) is 0.0526. The quantitative estimate of drug-likeness (QED) is 0.279. The first-order chi connectivity index (χ1) is 12.5. The number of hydrogen-bond donors (Lipinski definition) is 2. The van der Waals surface area contributed by atoms with Gasteiger partial charge in [-0.1, -0.05) is 18.2 Å². The highest BCUT2D eigenvalue weighted by Gasteiger charge is 2.33. The molecular weight excluding hydrogens is 351 g/mol. The van der Waals surface area contributed by atoms with E-state index in [1.165, 1.54) is 24.7 Å². The summed E-state index contributed by atoms with van der Waals surface area (Å²) in [6, 6.07) is 8.50. The minimum Gasteiger partial charge on any atom is -0.367 e. The molecule has 0 fully saturated rings. The van der Waals surface area contributed by atoms with Gasteiger partial charge in [0.1, 0.15) is 0 Å². The molecule has 0 saturated heterocycles. The van der Waals surface area contributed by atoms with Gasteiger partial charge in [0, 0.05) is 41.0 Å². The van der Waals surface area contributed by atoms with Gasteiger partial charge in [0.05, 0.1) is 0 Å². The summed E-state index contributed by atoms with van der Waals surface area (Å²) in [7, 11) is 0. The summed E-state index contributed by atoms with van der Waals surface area (Å²) >= 11 is 0. The Bertz CT molecular complexity index is 1070. The molecular formula is C19H11F5N2. The molecule has 4 aromatic rings. The molecule has 0 aliphatic heterocycles. The molecule has 0 radical (unpaired) electrons. The molecule has 26 heavy (non-hydrogen) atoms.